The molecule has 0 unspecified atom stereocenters. The molecule has 124 valence electrons. The van der Waals surface area contributed by atoms with Gasteiger partial charge in [-0.05, 0) is 24.6 Å². The number of rotatable bonds is 5. The summed E-state index contributed by atoms with van der Waals surface area (Å²) in [6.45, 7) is 2.01. The molecule has 0 bridgehead atoms. The van der Waals surface area contributed by atoms with Crippen LogP contribution in [0.3, 0.4) is 0 Å². The Morgan fingerprint density at radius 1 is 1.38 bits per heavy atom. The van der Waals surface area contributed by atoms with Gasteiger partial charge in [-0.3, -0.25) is 19.9 Å². The van der Waals surface area contributed by atoms with Crippen LogP contribution in [0.4, 0.5) is 5.95 Å². The summed E-state index contributed by atoms with van der Waals surface area (Å²) in [6, 6.07) is 9.18. The third-order valence-corrected chi connectivity index (χ3v) is 3.64. The Balaban J connectivity index is 1.79. The van der Waals surface area contributed by atoms with Crippen molar-refractivity contribution >= 4 is 11.9 Å². The zero-order valence-corrected chi connectivity index (χ0v) is 13.7. The standard InChI is InChI=1S/C16H18N6O2/c1-4-10-9-12(21-22(10)2)15(23)18-16-17-14(19-20-16)11-7-5-6-8-13(11)24-3/h5-9H,4H2,1-3H3,(H2,17,18,19,20,23). The van der Waals surface area contributed by atoms with E-state index in [2.05, 4.69) is 25.6 Å². The van der Waals surface area contributed by atoms with Gasteiger partial charge in [0.2, 0.25) is 5.95 Å². The highest BCUT2D eigenvalue weighted by molar-refractivity contribution is 6.02. The minimum absolute atomic E-state index is 0.185. The van der Waals surface area contributed by atoms with Crippen LogP contribution in [0.25, 0.3) is 11.4 Å². The second-order valence-corrected chi connectivity index (χ2v) is 5.16. The topological polar surface area (TPSA) is 97.7 Å². The second kappa shape index (κ2) is 6.53. The lowest BCUT2D eigenvalue weighted by molar-refractivity contribution is 0.102. The van der Waals surface area contributed by atoms with Crippen LogP contribution in [0.15, 0.2) is 30.3 Å². The fourth-order valence-corrected chi connectivity index (χ4v) is 2.39. The van der Waals surface area contributed by atoms with Crippen molar-refractivity contribution in [1.29, 1.82) is 0 Å². The van der Waals surface area contributed by atoms with Crippen LogP contribution in [0.1, 0.15) is 23.1 Å². The number of H-pyrrole nitrogens is 1. The van der Waals surface area contributed by atoms with Gasteiger partial charge in [0, 0.05) is 12.7 Å². The quantitative estimate of drug-likeness (QED) is 0.747. The van der Waals surface area contributed by atoms with Gasteiger partial charge in [0.25, 0.3) is 5.91 Å². The lowest BCUT2D eigenvalue weighted by Crippen LogP contribution is -2.14. The van der Waals surface area contributed by atoms with E-state index in [1.165, 1.54) is 0 Å². The van der Waals surface area contributed by atoms with Gasteiger partial charge in [0.15, 0.2) is 11.5 Å². The number of aromatic nitrogens is 5. The van der Waals surface area contributed by atoms with E-state index in [9.17, 15) is 4.79 Å². The van der Waals surface area contributed by atoms with Crippen LogP contribution >= 0.6 is 0 Å². The first-order valence-corrected chi connectivity index (χ1v) is 7.52. The molecule has 0 fully saturated rings. The van der Waals surface area contributed by atoms with Crippen molar-refractivity contribution in [2.45, 2.75) is 13.3 Å². The van der Waals surface area contributed by atoms with Gasteiger partial charge in [-0.15, -0.1) is 5.10 Å². The lowest BCUT2D eigenvalue weighted by atomic mass is 10.2. The number of aromatic amines is 1. The van der Waals surface area contributed by atoms with Gasteiger partial charge in [-0.25, -0.2) is 0 Å². The highest BCUT2D eigenvalue weighted by atomic mass is 16.5. The van der Waals surface area contributed by atoms with Gasteiger partial charge >= 0.3 is 0 Å². The summed E-state index contributed by atoms with van der Waals surface area (Å²) in [7, 11) is 3.40. The predicted molar refractivity (Wildman–Crippen MR) is 88.9 cm³/mol. The number of nitrogens with one attached hydrogen (secondary N) is 2. The van der Waals surface area contributed by atoms with Gasteiger partial charge in [0.1, 0.15) is 5.75 Å². The number of aryl methyl sites for hydroxylation is 2. The minimum Gasteiger partial charge on any atom is -0.496 e. The van der Waals surface area contributed by atoms with Crippen LogP contribution in [-0.2, 0) is 13.5 Å². The van der Waals surface area contributed by atoms with Crippen molar-refractivity contribution < 1.29 is 9.53 Å². The molecule has 0 aliphatic carbocycles. The van der Waals surface area contributed by atoms with Gasteiger partial charge in [-0.2, -0.15) is 10.1 Å². The molecule has 1 amide bonds. The summed E-state index contributed by atoms with van der Waals surface area (Å²) in [4.78, 5) is 16.5. The average molecular weight is 326 g/mol. The molecule has 0 radical (unpaired) electrons. The first-order chi connectivity index (χ1) is 11.6. The Morgan fingerprint density at radius 3 is 2.88 bits per heavy atom. The largest absolute Gasteiger partial charge is 0.496 e. The lowest BCUT2D eigenvalue weighted by Gasteiger charge is -2.04. The number of para-hydroxylation sites is 1. The highest BCUT2D eigenvalue weighted by Crippen LogP contribution is 2.27. The zero-order chi connectivity index (χ0) is 17.1. The fourth-order valence-electron chi connectivity index (χ4n) is 2.39. The summed E-state index contributed by atoms with van der Waals surface area (Å²) >= 11 is 0. The zero-order valence-electron chi connectivity index (χ0n) is 13.7. The third-order valence-electron chi connectivity index (χ3n) is 3.64. The molecule has 8 nitrogen and oxygen atoms in total. The molecule has 24 heavy (non-hydrogen) atoms. The molecule has 1 aromatic carbocycles. The number of anilines is 1. The predicted octanol–water partition coefficient (Wildman–Crippen LogP) is 2.03. The number of nitrogens with zero attached hydrogens (tertiary/aromatic N) is 4. The number of ether oxygens (including phenoxy) is 1. The van der Waals surface area contributed by atoms with Crippen molar-refractivity contribution in [3.8, 4) is 17.1 Å². The molecule has 0 saturated carbocycles. The molecule has 0 atom stereocenters. The van der Waals surface area contributed by atoms with Gasteiger partial charge < -0.3 is 4.74 Å². The number of carbonyl (C=O) groups is 1. The van der Waals surface area contributed by atoms with E-state index in [1.807, 2.05) is 38.2 Å². The Bertz CT molecular complexity index is 867. The molecule has 0 aliphatic rings. The van der Waals surface area contributed by atoms with Gasteiger partial charge in [0.05, 0.1) is 12.7 Å². The van der Waals surface area contributed by atoms with Crippen molar-refractivity contribution in [3.05, 3.63) is 41.7 Å². The van der Waals surface area contributed by atoms with Crippen molar-refractivity contribution in [2.75, 3.05) is 12.4 Å². The second-order valence-electron chi connectivity index (χ2n) is 5.16. The van der Waals surface area contributed by atoms with E-state index < -0.39 is 0 Å². The maximum absolute atomic E-state index is 12.3. The maximum Gasteiger partial charge on any atom is 0.278 e. The van der Waals surface area contributed by atoms with Crippen LogP contribution in [0.2, 0.25) is 0 Å². The maximum atomic E-state index is 12.3. The minimum atomic E-state index is -0.351. The van der Waals surface area contributed by atoms with Gasteiger partial charge in [-0.1, -0.05) is 19.1 Å². The first-order valence-electron chi connectivity index (χ1n) is 7.52. The Morgan fingerprint density at radius 2 is 2.17 bits per heavy atom. The summed E-state index contributed by atoms with van der Waals surface area (Å²) < 4.78 is 6.99. The fraction of sp³-hybridized carbons (Fsp3) is 0.250. The van der Waals surface area contributed by atoms with E-state index >= 15 is 0 Å². The SMILES string of the molecule is CCc1cc(C(=O)Nc2n[nH]c(-c3ccccc3OC)n2)nn1C. The van der Waals surface area contributed by atoms with E-state index in [-0.39, 0.29) is 11.9 Å². The number of hydrogen-bond acceptors (Lipinski definition) is 5. The Hall–Kier alpha value is -3.16. The molecule has 2 aromatic heterocycles. The summed E-state index contributed by atoms with van der Waals surface area (Å²) in [5.74, 6) is 1.02. The van der Waals surface area contributed by atoms with Crippen molar-refractivity contribution in [2.24, 2.45) is 7.05 Å². The molecular weight excluding hydrogens is 308 g/mol. The van der Waals surface area contributed by atoms with Crippen molar-refractivity contribution in [3.63, 3.8) is 0 Å². The van der Waals surface area contributed by atoms with Crippen LogP contribution in [-0.4, -0.2) is 38.0 Å². The Kier molecular flexibility index (Phi) is 4.28. The van der Waals surface area contributed by atoms with E-state index in [1.54, 1.807) is 17.9 Å². The molecule has 2 N–H and O–H groups in total. The third kappa shape index (κ3) is 2.98. The average Bonchev–Trinajstić information content (AvgIpc) is 3.21. The molecule has 0 saturated heterocycles. The molecule has 8 heteroatoms. The summed E-state index contributed by atoms with van der Waals surface area (Å²) in [5, 5.41) is 13.7. The molecule has 0 aliphatic heterocycles. The molecular formula is C16H18N6O2. The summed E-state index contributed by atoms with van der Waals surface area (Å²) in [5.41, 5.74) is 2.07. The van der Waals surface area contributed by atoms with Crippen LogP contribution in [0, 0.1) is 0 Å². The molecule has 0 spiro atoms. The number of benzene rings is 1. The molecule has 2 heterocycles. The number of hydrogen-bond donors (Lipinski definition) is 2. The highest BCUT2D eigenvalue weighted by Gasteiger charge is 2.16. The summed E-state index contributed by atoms with van der Waals surface area (Å²) in [6.07, 6.45) is 0.801. The number of carbonyl (C=O) groups excluding carboxylic acids is 1. The smallest absolute Gasteiger partial charge is 0.278 e. The van der Waals surface area contributed by atoms with E-state index in [0.717, 1.165) is 17.7 Å². The first kappa shape index (κ1) is 15.7. The van der Waals surface area contributed by atoms with Crippen LogP contribution in [0.5, 0.6) is 5.75 Å². The molecule has 3 rings (SSSR count). The van der Waals surface area contributed by atoms with Crippen molar-refractivity contribution in [1.82, 2.24) is 25.0 Å². The van der Waals surface area contributed by atoms with Crippen LogP contribution < -0.4 is 10.1 Å². The monoisotopic (exact) mass is 326 g/mol. The molecule has 3 aromatic rings. The number of methoxy groups -OCH3 is 1. The van der Waals surface area contributed by atoms with E-state index in [4.69, 9.17) is 4.74 Å². The van der Waals surface area contributed by atoms with E-state index in [0.29, 0.717) is 17.3 Å². The number of amides is 1. The normalized spacial score (nSPS) is 10.6. The Labute approximate surface area is 138 Å².